The van der Waals surface area contributed by atoms with Crippen LogP contribution in [0.4, 0.5) is 4.39 Å². The first kappa shape index (κ1) is 15.0. The van der Waals surface area contributed by atoms with Crippen LogP contribution in [0.3, 0.4) is 0 Å². The molecule has 4 nitrogen and oxygen atoms in total. The molecule has 21 heavy (non-hydrogen) atoms. The highest BCUT2D eigenvalue weighted by Gasteiger charge is 2.16. The topological polar surface area (TPSA) is 72.5 Å². The molecule has 0 spiro atoms. The van der Waals surface area contributed by atoms with E-state index in [-0.39, 0.29) is 17.1 Å². The first-order valence-electron chi connectivity index (χ1n) is 6.45. The van der Waals surface area contributed by atoms with Crippen LogP contribution < -0.4 is 10.5 Å². The number of nitrogens with two attached hydrogens (primary N) is 1. The number of amides is 1. The van der Waals surface area contributed by atoms with Crippen molar-refractivity contribution in [1.29, 1.82) is 0 Å². The number of aliphatic hydroxyl groups excluding tert-OH is 1. The molecule has 0 aliphatic carbocycles. The second-order valence-electron chi connectivity index (χ2n) is 4.78. The third kappa shape index (κ3) is 3.20. The first-order valence-corrected chi connectivity index (χ1v) is 6.45. The molecule has 1 amide bonds. The van der Waals surface area contributed by atoms with Gasteiger partial charge in [0.15, 0.2) is 0 Å². The monoisotopic (exact) mass is 289 g/mol. The number of carbonyl (C=O) groups is 1. The van der Waals surface area contributed by atoms with Crippen LogP contribution in [0.1, 0.15) is 34.5 Å². The Morgan fingerprint density at radius 3 is 2.57 bits per heavy atom. The van der Waals surface area contributed by atoms with E-state index in [4.69, 9.17) is 10.5 Å². The van der Waals surface area contributed by atoms with Gasteiger partial charge in [-0.05, 0) is 43.7 Å². The average Bonchev–Trinajstić information content (AvgIpc) is 2.42. The number of carbonyl (C=O) groups excluding carboxylic acids is 1. The third-order valence-electron chi connectivity index (χ3n) is 3.11. The molecular formula is C16H16FNO3. The molecular weight excluding hydrogens is 273 g/mol. The lowest BCUT2D eigenvalue weighted by molar-refractivity contribution is 0.0998. The molecule has 2 aromatic carbocycles. The highest BCUT2D eigenvalue weighted by molar-refractivity contribution is 5.95. The molecule has 0 saturated carbocycles. The Hall–Kier alpha value is -2.40. The van der Waals surface area contributed by atoms with Crippen molar-refractivity contribution in [2.75, 3.05) is 0 Å². The fourth-order valence-corrected chi connectivity index (χ4v) is 1.96. The summed E-state index contributed by atoms with van der Waals surface area (Å²) in [7, 11) is 0. The zero-order valence-corrected chi connectivity index (χ0v) is 11.8. The summed E-state index contributed by atoms with van der Waals surface area (Å²) in [6.07, 6.45) is -0.907. The van der Waals surface area contributed by atoms with E-state index in [0.29, 0.717) is 11.1 Å². The van der Waals surface area contributed by atoms with Gasteiger partial charge in [0.1, 0.15) is 17.3 Å². The normalized spacial score (nSPS) is 12.0. The van der Waals surface area contributed by atoms with Gasteiger partial charge in [-0.1, -0.05) is 12.1 Å². The fraction of sp³-hybridized carbons (Fsp3) is 0.188. The molecule has 0 heterocycles. The smallest absolute Gasteiger partial charge is 0.252 e. The maximum atomic E-state index is 13.6. The second kappa shape index (κ2) is 5.93. The summed E-state index contributed by atoms with van der Waals surface area (Å²) in [4.78, 5) is 11.4. The number of benzene rings is 2. The van der Waals surface area contributed by atoms with E-state index in [2.05, 4.69) is 0 Å². The molecule has 0 aliphatic rings. The van der Waals surface area contributed by atoms with Crippen molar-refractivity contribution in [2.45, 2.75) is 20.0 Å². The number of aryl methyl sites for hydroxylation is 1. The van der Waals surface area contributed by atoms with Crippen LogP contribution in [0.15, 0.2) is 36.4 Å². The number of ether oxygens (including phenoxy) is 1. The highest BCUT2D eigenvalue weighted by Crippen LogP contribution is 2.33. The molecule has 2 rings (SSSR count). The minimum Gasteiger partial charge on any atom is -0.456 e. The molecule has 0 radical (unpaired) electrons. The zero-order valence-electron chi connectivity index (χ0n) is 11.8. The van der Waals surface area contributed by atoms with Crippen LogP contribution in [0.5, 0.6) is 11.5 Å². The van der Waals surface area contributed by atoms with Crippen molar-refractivity contribution in [3.8, 4) is 11.5 Å². The molecule has 0 saturated heterocycles. The summed E-state index contributed by atoms with van der Waals surface area (Å²) in [5, 5.41) is 9.74. The Morgan fingerprint density at radius 1 is 1.29 bits per heavy atom. The van der Waals surface area contributed by atoms with Gasteiger partial charge >= 0.3 is 0 Å². The maximum absolute atomic E-state index is 13.6. The molecule has 0 aliphatic heterocycles. The Morgan fingerprint density at radius 2 is 1.95 bits per heavy atom. The van der Waals surface area contributed by atoms with E-state index < -0.39 is 17.8 Å². The largest absolute Gasteiger partial charge is 0.456 e. The Bertz CT molecular complexity index is 683. The van der Waals surface area contributed by atoms with Gasteiger partial charge in [0.2, 0.25) is 0 Å². The van der Waals surface area contributed by atoms with Gasteiger partial charge in [0.05, 0.1) is 11.7 Å². The molecule has 110 valence electrons. The van der Waals surface area contributed by atoms with Gasteiger partial charge in [0.25, 0.3) is 5.91 Å². The lowest BCUT2D eigenvalue weighted by Crippen LogP contribution is -2.12. The predicted octanol–water partition coefficient (Wildman–Crippen LogP) is 3.08. The van der Waals surface area contributed by atoms with Crippen molar-refractivity contribution in [3.05, 3.63) is 58.9 Å². The van der Waals surface area contributed by atoms with Gasteiger partial charge in [-0.3, -0.25) is 4.79 Å². The zero-order chi connectivity index (χ0) is 15.6. The number of halogens is 1. The van der Waals surface area contributed by atoms with Gasteiger partial charge < -0.3 is 15.6 Å². The number of hydrogen-bond acceptors (Lipinski definition) is 3. The fourth-order valence-electron chi connectivity index (χ4n) is 1.96. The van der Waals surface area contributed by atoms with Crippen molar-refractivity contribution in [2.24, 2.45) is 5.73 Å². The quantitative estimate of drug-likeness (QED) is 0.908. The lowest BCUT2D eigenvalue weighted by Gasteiger charge is -2.16. The summed E-state index contributed by atoms with van der Waals surface area (Å²) in [5.74, 6) is -0.500. The average molecular weight is 289 g/mol. The maximum Gasteiger partial charge on any atom is 0.252 e. The summed E-state index contributed by atoms with van der Waals surface area (Å²) in [6.45, 7) is 3.10. The van der Waals surface area contributed by atoms with Crippen molar-refractivity contribution in [3.63, 3.8) is 0 Å². The predicted molar refractivity (Wildman–Crippen MR) is 76.8 cm³/mol. The van der Waals surface area contributed by atoms with Crippen molar-refractivity contribution >= 4 is 5.91 Å². The SMILES string of the molecule is Cc1cc(Oc2ccccc2C(N)=O)c([C@H](C)O)cc1F. The number of aliphatic hydroxyl groups is 1. The van der Waals surface area contributed by atoms with Crippen molar-refractivity contribution in [1.82, 2.24) is 0 Å². The number of rotatable bonds is 4. The minimum atomic E-state index is -0.907. The van der Waals surface area contributed by atoms with Crippen molar-refractivity contribution < 1.29 is 19.0 Å². The van der Waals surface area contributed by atoms with Crippen LogP contribution in [-0.4, -0.2) is 11.0 Å². The van der Waals surface area contributed by atoms with E-state index in [1.807, 2.05) is 0 Å². The van der Waals surface area contributed by atoms with Crippen LogP contribution in [0.2, 0.25) is 0 Å². The summed E-state index contributed by atoms with van der Waals surface area (Å²) in [6, 6.07) is 9.19. The van der Waals surface area contributed by atoms with E-state index in [0.717, 1.165) is 0 Å². The molecule has 2 aromatic rings. The van der Waals surface area contributed by atoms with E-state index >= 15 is 0 Å². The highest BCUT2D eigenvalue weighted by atomic mass is 19.1. The molecule has 5 heteroatoms. The van der Waals surface area contributed by atoms with Gasteiger partial charge in [-0.15, -0.1) is 0 Å². The lowest BCUT2D eigenvalue weighted by atomic mass is 10.1. The number of primary amides is 1. The standard InChI is InChI=1S/C16H16FNO3/c1-9-7-15(12(10(2)19)8-13(9)17)21-14-6-4-3-5-11(14)16(18)20/h3-8,10,19H,1-2H3,(H2,18,20)/t10-/m0/s1. The number of para-hydroxylation sites is 1. The van der Waals surface area contributed by atoms with Crippen LogP contribution >= 0.6 is 0 Å². The molecule has 3 N–H and O–H groups in total. The summed E-state index contributed by atoms with van der Waals surface area (Å²) >= 11 is 0. The molecule has 0 bridgehead atoms. The first-order chi connectivity index (χ1) is 9.90. The van der Waals surface area contributed by atoms with Crippen LogP contribution in [-0.2, 0) is 0 Å². The molecule has 0 unspecified atom stereocenters. The van der Waals surface area contributed by atoms with E-state index in [1.54, 1.807) is 25.1 Å². The minimum absolute atomic E-state index is 0.219. The Kier molecular flexibility index (Phi) is 4.23. The third-order valence-corrected chi connectivity index (χ3v) is 3.11. The van der Waals surface area contributed by atoms with Gasteiger partial charge in [-0.25, -0.2) is 4.39 Å². The molecule has 0 aromatic heterocycles. The number of hydrogen-bond donors (Lipinski definition) is 2. The molecule has 1 atom stereocenters. The second-order valence-corrected chi connectivity index (χ2v) is 4.78. The Labute approximate surface area is 122 Å². The van der Waals surface area contributed by atoms with Crippen LogP contribution in [0.25, 0.3) is 0 Å². The summed E-state index contributed by atoms with van der Waals surface area (Å²) < 4.78 is 19.3. The van der Waals surface area contributed by atoms with E-state index in [9.17, 15) is 14.3 Å². The van der Waals surface area contributed by atoms with E-state index in [1.165, 1.54) is 25.1 Å². The van der Waals surface area contributed by atoms with Gasteiger partial charge in [0, 0.05) is 5.56 Å². The Balaban J connectivity index is 2.49. The van der Waals surface area contributed by atoms with Gasteiger partial charge in [-0.2, -0.15) is 0 Å². The van der Waals surface area contributed by atoms with Crippen LogP contribution in [0, 0.1) is 12.7 Å². The summed E-state index contributed by atoms with van der Waals surface area (Å²) in [5.41, 5.74) is 6.19. The molecule has 0 fully saturated rings.